The van der Waals surface area contributed by atoms with Crippen LogP contribution in [0, 0.1) is 5.92 Å². The van der Waals surface area contributed by atoms with Gasteiger partial charge in [0.1, 0.15) is 22.9 Å². The highest BCUT2D eigenvalue weighted by molar-refractivity contribution is 6.41. The van der Waals surface area contributed by atoms with Gasteiger partial charge in [-0.25, -0.2) is 9.67 Å². The lowest BCUT2D eigenvalue weighted by Crippen LogP contribution is -2.52. The Hall–Kier alpha value is -4.92. The summed E-state index contributed by atoms with van der Waals surface area (Å²) in [6, 6.07) is 2.00. The lowest BCUT2D eigenvalue weighted by molar-refractivity contribution is -0.139. The van der Waals surface area contributed by atoms with Crippen LogP contribution in [-0.4, -0.2) is 88.7 Å². The number of hydrogen-bond acceptors (Lipinski definition) is 10. The molecule has 0 spiro atoms. The number of para-hydroxylation sites is 1. The zero-order chi connectivity index (χ0) is 33.9. The molecule has 3 aromatic rings. The van der Waals surface area contributed by atoms with Crippen molar-refractivity contribution in [2.45, 2.75) is 89.4 Å². The molecular formula is C32H39N9O6. The van der Waals surface area contributed by atoms with E-state index in [2.05, 4.69) is 30.6 Å². The van der Waals surface area contributed by atoms with Crippen LogP contribution in [0.4, 0.5) is 0 Å². The van der Waals surface area contributed by atoms with E-state index in [0.29, 0.717) is 16.7 Å². The highest BCUT2D eigenvalue weighted by atomic mass is 16.3. The first-order valence-corrected chi connectivity index (χ1v) is 15.7. The van der Waals surface area contributed by atoms with Crippen LogP contribution in [0.2, 0.25) is 0 Å². The molecule has 3 atom stereocenters. The summed E-state index contributed by atoms with van der Waals surface area (Å²) in [5.74, 6) is -4.05. The number of Topliss-reactive ketones (excluding diaryl/α,β-unsaturated/α-hetero) is 1. The number of aromatic nitrogens is 5. The van der Waals surface area contributed by atoms with Crippen LogP contribution in [-0.2, 0) is 24.8 Å². The molecule has 2 aromatic heterocycles. The third kappa shape index (κ3) is 7.40. The van der Waals surface area contributed by atoms with Gasteiger partial charge in [-0.15, -0.1) is 5.10 Å². The first-order valence-electron chi connectivity index (χ1n) is 15.7. The van der Waals surface area contributed by atoms with E-state index in [4.69, 9.17) is 5.73 Å². The molecule has 47 heavy (non-hydrogen) atoms. The van der Waals surface area contributed by atoms with Crippen molar-refractivity contribution in [3.8, 4) is 0 Å². The number of ketones is 1. The number of nitrogens with zero attached hydrogens (tertiary/aromatic N) is 7. The molecular weight excluding hydrogens is 606 g/mol. The van der Waals surface area contributed by atoms with Gasteiger partial charge in [0.25, 0.3) is 17.7 Å². The Kier molecular flexibility index (Phi) is 9.84. The number of fused-ring (bicyclic) bond motifs is 1. The van der Waals surface area contributed by atoms with E-state index >= 15 is 0 Å². The molecule has 1 unspecified atom stereocenters. The molecule has 2 aliphatic rings. The highest BCUT2D eigenvalue weighted by Crippen LogP contribution is 2.33. The molecule has 0 radical (unpaired) electrons. The monoisotopic (exact) mass is 645 g/mol. The number of rotatable bonds is 10. The smallest absolute Gasteiger partial charge is 0.287 e. The summed E-state index contributed by atoms with van der Waals surface area (Å²) in [5.41, 5.74) is 5.23. The van der Waals surface area contributed by atoms with Crippen molar-refractivity contribution in [1.29, 1.82) is 0 Å². The molecule has 5 rings (SSSR count). The third-order valence-corrected chi connectivity index (χ3v) is 8.80. The van der Waals surface area contributed by atoms with Crippen LogP contribution in [0.5, 0.6) is 0 Å². The Morgan fingerprint density at radius 1 is 1.11 bits per heavy atom. The largest absolute Gasteiger partial charge is 0.384 e. The van der Waals surface area contributed by atoms with Crippen LogP contribution < -0.4 is 11.1 Å². The average Bonchev–Trinajstić information content (AvgIpc) is 3.72. The Morgan fingerprint density at radius 2 is 1.83 bits per heavy atom. The van der Waals surface area contributed by atoms with Crippen LogP contribution in [0.25, 0.3) is 11.0 Å². The fourth-order valence-corrected chi connectivity index (χ4v) is 6.36. The predicted molar refractivity (Wildman–Crippen MR) is 169 cm³/mol. The molecule has 15 nitrogen and oxygen atoms in total. The van der Waals surface area contributed by atoms with Gasteiger partial charge in [-0.05, 0) is 45.2 Å². The van der Waals surface area contributed by atoms with E-state index in [1.807, 2.05) is 0 Å². The first-order chi connectivity index (χ1) is 22.3. The number of aliphatic imine (C=N–C) groups is 1. The second-order valence-corrected chi connectivity index (χ2v) is 12.7. The lowest BCUT2D eigenvalue weighted by Gasteiger charge is -2.27. The highest BCUT2D eigenvalue weighted by Gasteiger charge is 2.44. The number of benzene rings is 1. The zero-order valence-electron chi connectivity index (χ0n) is 26.6. The van der Waals surface area contributed by atoms with Gasteiger partial charge in [0, 0.05) is 25.4 Å². The van der Waals surface area contributed by atoms with Gasteiger partial charge in [0.15, 0.2) is 0 Å². The predicted octanol–water partition coefficient (Wildman–Crippen LogP) is 1.40. The lowest BCUT2D eigenvalue weighted by atomic mass is 9.85. The fraction of sp³-hybridized carbons (Fsp3) is 0.500. The Labute approximate surface area is 271 Å². The van der Waals surface area contributed by atoms with E-state index in [1.165, 1.54) is 35.1 Å². The number of carbonyl (C=O) groups excluding carboxylic acids is 5. The maximum absolute atomic E-state index is 14.5. The van der Waals surface area contributed by atoms with Gasteiger partial charge in [-0.1, -0.05) is 43.4 Å². The average molecular weight is 646 g/mol. The van der Waals surface area contributed by atoms with E-state index in [1.54, 1.807) is 32.0 Å². The van der Waals surface area contributed by atoms with Gasteiger partial charge in [-0.3, -0.25) is 33.9 Å². The molecule has 15 heteroatoms. The third-order valence-electron chi connectivity index (χ3n) is 8.80. The summed E-state index contributed by atoms with van der Waals surface area (Å²) in [5, 5.41) is 21.3. The van der Waals surface area contributed by atoms with E-state index in [-0.39, 0.29) is 36.6 Å². The number of primary amides is 1. The molecule has 0 bridgehead atoms. The minimum atomic E-state index is -1.33. The SMILES string of the molecule is CC(NC(=O)[C@@H]1C[C@H](n2nncc2C(C)(C)O)CN1C(=O)/C(CC1CCCCC1)=N/C(=O)c1cccc2nccnc12)C(=O)C(N)=O. The number of hydrogen-bond donors (Lipinski definition) is 3. The summed E-state index contributed by atoms with van der Waals surface area (Å²) in [4.78, 5) is 79.8. The van der Waals surface area contributed by atoms with Crippen molar-refractivity contribution < 1.29 is 29.1 Å². The normalized spacial score (nSPS) is 19.8. The second-order valence-electron chi connectivity index (χ2n) is 12.7. The number of carbonyl (C=O) groups is 5. The molecule has 1 aromatic carbocycles. The van der Waals surface area contributed by atoms with Crippen LogP contribution in [0.15, 0.2) is 41.8 Å². The van der Waals surface area contributed by atoms with Gasteiger partial charge in [0.2, 0.25) is 11.7 Å². The Morgan fingerprint density at radius 3 is 2.53 bits per heavy atom. The summed E-state index contributed by atoms with van der Waals surface area (Å²) in [6.45, 7) is 4.44. The molecule has 1 aliphatic heterocycles. The topological polar surface area (TPSA) is 216 Å². The number of likely N-dealkylation sites (tertiary alicyclic amines) is 1. The van der Waals surface area contributed by atoms with Crippen molar-refractivity contribution in [3.63, 3.8) is 0 Å². The van der Waals surface area contributed by atoms with Crippen molar-refractivity contribution >= 4 is 46.2 Å². The van der Waals surface area contributed by atoms with Crippen molar-refractivity contribution in [2.24, 2.45) is 16.6 Å². The molecule has 1 saturated heterocycles. The second kappa shape index (κ2) is 13.8. The fourth-order valence-electron chi connectivity index (χ4n) is 6.36. The van der Waals surface area contributed by atoms with E-state index in [9.17, 15) is 29.1 Å². The van der Waals surface area contributed by atoms with Crippen molar-refractivity contribution in [2.75, 3.05) is 6.54 Å². The van der Waals surface area contributed by atoms with Gasteiger partial charge < -0.3 is 21.1 Å². The maximum atomic E-state index is 14.5. The molecule has 1 saturated carbocycles. The van der Waals surface area contributed by atoms with Crippen LogP contribution in [0.1, 0.15) is 87.8 Å². The zero-order valence-corrected chi connectivity index (χ0v) is 26.6. The molecule has 4 N–H and O–H groups in total. The summed E-state index contributed by atoms with van der Waals surface area (Å²) in [7, 11) is 0. The Balaban J connectivity index is 1.52. The molecule has 4 amide bonds. The minimum Gasteiger partial charge on any atom is -0.384 e. The van der Waals surface area contributed by atoms with E-state index in [0.717, 1.165) is 32.1 Å². The number of aliphatic hydroxyl groups is 1. The summed E-state index contributed by atoms with van der Waals surface area (Å²) >= 11 is 0. The molecule has 2 fully saturated rings. The number of nitrogens with two attached hydrogens (primary N) is 1. The van der Waals surface area contributed by atoms with Crippen LogP contribution >= 0.6 is 0 Å². The molecule has 3 heterocycles. The Bertz CT molecular complexity index is 1720. The first kappa shape index (κ1) is 33.4. The van der Waals surface area contributed by atoms with Gasteiger partial charge in [-0.2, -0.15) is 0 Å². The van der Waals surface area contributed by atoms with Gasteiger partial charge >= 0.3 is 0 Å². The summed E-state index contributed by atoms with van der Waals surface area (Å²) < 4.78 is 1.48. The van der Waals surface area contributed by atoms with E-state index < -0.39 is 53.1 Å². The summed E-state index contributed by atoms with van der Waals surface area (Å²) in [6.07, 6.45) is 9.49. The van der Waals surface area contributed by atoms with Crippen LogP contribution in [0.3, 0.4) is 0 Å². The van der Waals surface area contributed by atoms with Crippen molar-refractivity contribution in [3.05, 3.63) is 48.0 Å². The molecule has 248 valence electrons. The van der Waals surface area contributed by atoms with Gasteiger partial charge in [0.05, 0.1) is 35.1 Å². The maximum Gasteiger partial charge on any atom is 0.287 e. The minimum absolute atomic E-state index is 0.00352. The standard InChI is InChI=1S/C32H39N9O6/c1-18(27(42)28(33)43)37-30(45)24-15-20(41-25(16-36-39-41)32(2,3)47)17-40(24)31(46)23(14-19-8-5-4-6-9-19)38-29(44)21-10-7-11-22-26(21)35-13-12-34-22/h7,10-13,16,18-20,24,47H,4-6,8-9,14-15,17H2,1-3H3,(H2,33,43)(H,37,45)/b38-23+/t18?,20-,24-/m0/s1. The number of nitrogens with one attached hydrogen (secondary N) is 1. The molecule has 1 aliphatic carbocycles. The quantitative estimate of drug-likeness (QED) is 0.213. The number of amides is 4. The van der Waals surface area contributed by atoms with Crippen molar-refractivity contribution in [1.82, 2.24) is 35.2 Å².